The number of anilines is 1. The van der Waals surface area contributed by atoms with Gasteiger partial charge in [0.15, 0.2) is 0 Å². The molecule has 3 aromatic rings. The molecule has 1 atom stereocenters. The van der Waals surface area contributed by atoms with Crippen LogP contribution < -0.4 is 10.0 Å². The van der Waals surface area contributed by atoms with Crippen LogP contribution in [0.5, 0.6) is 0 Å². The first kappa shape index (κ1) is 28.2. The van der Waals surface area contributed by atoms with Crippen molar-refractivity contribution >= 4 is 21.6 Å². The molecule has 0 saturated carbocycles. The van der Waals surface area contributed by atoms with E-state index < -0.39 is 51.1 Å². The summed E-state index contributed by atoms with van der Waals surface area (Å²) in [5, 5.41) is 2.07. The Balaban J connectivity index is 1.63. The summed E-state index contributed by atoms with van der Waals surface area (Å²) in [6.45, 7) is 1.70. The van der Waals surface area contributed by atoms with Crippen molar-refractivity contribution in [1.29, 1.82) is 0 Å². The molecule has 0 aliphatic heterocycles. The lowest BCUT2D eigenvalue weighted by Gasteiger charge is -2.15. The number of alkyl halides is 6. The van der Waals surface area contributed by atoms with Gasteiger partial charge in [-0.15, -0.1) is 0 Å². The van der Waals surface area contributed by atoms with Gasteiger partial charge in [-0.25, -0.2) is 13.1 Å². The van der Waals surface area contributed by atoms with Gasteiger partial charge >= 0.3 is 12.4 Å². The zero-order valence-electron chi connectivity index (χ0n) is 19.3. The van der Waals surface area contributed by atoms with Crippen molar-refractivity contribution in [2.45, 2.75) is 43.1 Å². The predicted molar refractivity (Wildman–Crippen MR) is 125 cm³/mol. The molecule has 0 heterocycles. The Bertz CT molecular complexity index is 1310. The third-order valence-corrected chi connectivity index (χ3v) is 6.93. The molecular weight excluding hydrogens is 522 g/mol. The molecule has 198 valence electrons. The number of amides is 1. The number of rotatable bonds is 8. The number of carbonyl (C=O) groups is 1. The van der Waals surface area contributed by atoms with Gasteiger partial charge in [0.1, 0.15) is 0 Å². The minimum atomic E-state index is -5.03. The number of aryl methyl sites for hydroxylation is 1. The number of halogens is 6. The maximum atomic E-state index is 13.0. The fraction of sp³-hybridized carbons (Fsp3) is 0.240. The van der Waals surface area contributed by atoms with E-state index in [0.29, 0.717) is 17.7 Å². The minimum absolute atomic E-state index is 0.00729. The topological polar surface area (TPSA) is 75.3 Å². The second-order valence-electron chi connectivity index (χ2n) is 8.24. The molecule has 0 fully saturated rings. The third-order valence-electron chi connectivity index (χ3n) is 5.38. The van der Waals surface area contributed by atoms with E-state index in [1.807, 2.05) is 6.07 Å². The Hall–Kier alpha value is -3.38. The van der Waals surface area contributed by atoms with Crippen LogP contribution in [-0.2, 0) is 33.6 Å². The molecule has 0 bridgehead atoms. The Morgan fingerprint density at radius 1 is 0.838 bits per heavy atom. The van der Waals surface area contributed by atoms with E-state index in [-0.39, 0.29) is 23.8 Å². The van der Waals surface area contributed by atoms with Crippen molar-refractivity contribution in [3.05, 3.63) is 95.1 Å². The number of benzene rings is 3. The molecule has 0 saturated heterocycles. The molecule has 3 aromatic carbocycles. The van der Waals surface area contributed by atoms with Crippen LogP contribution in [0.3, 0.4) is 0 Å². The van der Waals surface area contributed by atoms with Gasteiger partial charge in [0.2, 0.25) is 15.9 Å². The van der Waals surface area contributed by atoms with Crippen LogP contribution in [0.25, 0.3) is 0 Å². The van der Waals surface area contributed by atoms with Gasteiger partial charge in [0, 0.05) is 18.2 Å². The van der Waals surface area contributed by atoms with E-state index >= 15 is 0 Å². The van der Waals surface area contributed by atoms with Crippen LogP contribution in [0.2, 0.25) is 0 Å². The third kappa shape index (κ3) is 7.80. The van der Waals surface area contributed by atoms with Gasteiger partial charge in [-0.2, -0.15) is 26.3 Å². The molecule has 5 nitrogen and oxygen atoms in total. The average Bonchev–Trinajstić information content (AvgIpc) is 2.82. The Labute approximate surface area is 209 Å². The van der Waals surface area contributed by atoms with Crippen LogP contribution >= 0.6 is 0 Å². The monoisotopic (exact) mass is 544 g/mol. The van der Waals surface area contributed by atoms with Gasteiger partial charge in [0.25, 0.3) is 0 Å². The summed E-state index contributed by atoms with van der Waals surface area (Å²) in [4.78, 5) is 12.2. The average molecular weight is 545 g/mol. The van der Waals surface area contributed by atoms with Crippen molar-refractivity contribution < 1.29 is 39.6 Å². The number of hydrogen-bond acceptors (Lipinski definition) is 3. The van der Waals surface area contributed by atoms with Crippen molar-refractivity contribution in [1.82, 2.24) is 4.72 Å². The molecule has 3 rings (SSSR count). The SMILES string of the molecule is C[C@H](NS(=O)(=O)c1ccc(CCC(=O)Nc2cc(C(F)(F)F)cc(C(F)(F)F)c2)cc1)c1ccccc1. The largest absolute Gasteiger partial charge is 0.416 e. The summed E-state index contributed by atoms with van der Waals surface area (Å²) < 4.78 is 106. The molecule has 0 spiro atoms. The lowest BCUT2D eigenvalue weighted by Crippen LogP contribution is -2.26. The van der Waals surface area contributed by atoms with E-state index in [4.69, 9.17) is 0 Å². The summed E-state index contributed by atoms with van der Waals surface area (Å²) in [5.41, 5.74) is -2.39. The van der Waals surface area contributed by atoms with Crippen molar-refractivity contribution in [2.75, 3.05) is 5.32 Å². The van der Waals surface area contributed by atoms with Gasteiger partial charge in [0.05, 0.1) is 16.0 Å². The molecule has 0 unspecified atom stereocenters. The van der Waals surface area contributed by atoms with E-state index in [2.05, 4.69) is 10.0 Å². The summed E-state index contributed by atoms with van der Waals surface area (Å²) >= 11 is 0. The molecule has 0 aliphatic rings. The molecule has 1 amide bonds. The van der Waals surface area contributed by atoms with Crippen LogP contribution in [-0.4, -0.2) is 14.3 Å². The van der Waals surface area contributed by atoms with Crippen molar-refractivity contribution in [3.63, 3.8) is 0 Å². The van der Waals surface area contributed by atoms with Crippen LogP contribution in [0.1, 0.15) is 41.6 Å². The number of hydrogen-bond donors (Lipinski definition) is 2. The van der Waals surface area contributed by atoms with Gasteiger partial charge < -0.3 is 5.32 Å². The van der Waals surface area contributed by atoms with Gasteiger partial charge in [-0.3, -0.25) is 4.79 Å². The van der Waals surface area contributed by atoms with E-state index in [1.165, 1.54) is 24.3 Å². The maximum absolute atomic E-state index is 13.0. The van der Waals surface area contributed by atoms with E-state index in [0.717, 1.165) is 5.56 Å². The van der Waals surface area contributed by atoms with Crippen LogP contribution in [0.4, 0.5) is 32.0 Å². The lowest BCUT2D eigenvalue weighted by atomic mass is 10.1. The molecule has 0 aliphatic carbocycles. The summed E-state index contributed by atoms with van der Waals surface area (Å²) in [6, 6.07) is 14.9. The van der Waals surface area contributed by atoms with Crippen LogP contribution in [0, 0.1) is 0 Å². The van der Waals surface area contributed by atoms with E-state index in [9.17, 15) is 39.6 Å². The summed E-state index contributed by atoms with van der Waals surface area (Å²) in [5.74, 6) is -0.803. The fourth-order valence-electron chi connectivity index (χ4n) is 3.45. The highest BCUT2D eigenvalue weighted by Crippen LogP contribution is 2.37. The fourth-order valence-corrected chi connectivity index (χ4v) is 4.69. The number of carbonyl (C=O) groups excluding carboxylic acids is 1. The molecule has 37 heavy (non-hydrogen) atoms. The quantitative estimate of drug-likeness (QED) is 0.325. The Morgan fingerprint density at radius 2 is 1.38 bits per heavy atom. The first-order valence-electron chi connectivity index (χ1n) is 10.9. The number of nitrogens with one attached hydrogen (secondary N) is 2. The molecule has 0 aromatic heterocycles. The zero-order chi connectivity index (χ0) is 27.4. The Kier molecular flexibility index (Phi) is 8.33. The summed E-state index contributed by atoms with van der Waals surface area (Å²) in [7, 11) is -3.84. The maximum Gasteiger partial charge on any atom is 0.416 e. The molecule has 2 N–H and O–H groups in total. The second-order valence-corrected chi connectivity index (χ2v) is 9.95. The highest BCUT2D eigenvalue weighted by molar-refractivity contribution is 7.89. The van der Waals surface area contributed by atoms with Crippen molar-refractivity contribution in [2.24, 2.45) is 0 Å². The van der Waals surface area contributed by atoms with Crippen LogP contribution in [0.15, 0.2) is 77.7 Å². The number of sulfonamides is 1. The van der Waals surface area contributed by atoms with Gasteiger partial charge in [-0.05, 0) is 54.8 Å². The first-order chi connectivity index (χ1) is 17.1. The molecule has 0 radical (unpaired) electrons. The Morgan fingerprint density at radius 3 is 1.89 bits per heavy atom. The predicted octanol–water partition coefficient (Wildman–Crippen LogP) is 6.34. The normalized spacial score (nSPS) is 13.3. The van der Waals surface area contributed by atoms with E-state index in [1.54, 1.807) is 31.2 Å². The smallest absolute Gasteiger partial charge is 0.326 e. The standard InChI is InChI=1S/C25H22F6N2O3S/c1-16(18-5-3-2-4-6-18)33-37(35,36)22-10-7-17(8-11-22)9-12-23(34)32-21-14-19(24(26,27)28)13-20(15-21)25(29,30)31/h2-8,10-11,13-16,33H,9,12H2,1H3,(H,32,34)/t16-/m0/s1. The van der Waals surface area contributed by atoms with Crippen molar-refractivity contribution in [3.8, 4) is 0 Å². The zero-order valence-corrected chi connectivity index (χ0v) is 20.1. The molecular formula is C25H22F6N2O3S. The minimum Gasteiger partial charge on any atom is -0.326 e. The highest BCUT2D eigenvalue weighted by Gasteiger charge is 2.37. The highest BCUT2D eigenvalue weighted by atomic mass is 32.2. The lowest BCUT2D eigenvalue weighted by molar-refractivity contribution is -0.143. The first-order valence-corrected chi connectivity index (χ1v) is 12.4. The van der Waals surface area contributed by atoms with Gasteiger partial charge in [-0.1, -0.05) is 42.5 Å². The molecule has 12 heteroatoms. The second kappa shape index (κ2) is 10.9. The summed E-state index contributed by atoms with van der Waals surface area (Å²) in [6.07, 6.45) is -10.2.